The lowest BCUT2D eigenvalue weighted by Crippen LogP contribution is -1.95. The fourth-order valence-electron chi connectivity index (χ4n) is 2.71. The second-order valence-electron chi connectivity index (χ2n) is 5.31. The number of hydrogen-bond acceptors (Lipinski definition) is 2. The van der Waals surface area contributed by atoms with Crippen LogP contribution in [0, 0.1) is 13.8 Å². The normalized spacial score (nSPS) is 10.6. The molecule has 2 heteroatoms. The fraction of sp³-hybridized carbons (Fsp3) is 0.105. The molecule has 1 N–H and O–H groups in total. The van der Waals surface area contributed by atoms with Crippen LogP contribution in [0.4, 0.5) is 11.4 Å². The molecule has 0 bridgehead atoms. The number of carbonyl (C=O) groups is 1. The van der Waals surface area contributed by atoms with Crippen molar-refractivity contribution < 1.29 is 4.79 Å². The lowest BCUT2D eigenvalue weighted by Gasteiger charge is -2.13. The van der Waals surface area contributed by atoms with E-state index in [1.807, 2.05) is 49.4 Å². The third-order valence-electron chi connectivity index (χ3n) is 3.71. The number of fused-ring (bicyclic) bond motifs is 1. The molecule has 0 unspecified atom stereocenters. The Morgan fingerprint density at radius 2 is 1.76 bits per heavy atom. The first kappa shape index (κ1) is 13.4. The van der Waals surface area contributed by atoms with Crippen molar-refractivity contribution in [3.8, 4) is 0 Å². The summed E-state index contributed by atoms with van der Waals surface area (Å²) in [6.07, 6.45) is 0.922. The van der Waals surface area contributed by atoms with Crippen molar-refractivity contribution in [1.29, 1.82) is 0 Å². The number of carbonyl (C=O) groups excluding carboxylic acids is 1. The fourth-order valence-corrected chi connectivity index (χ4v) is 2.71. The Hall–Kier alpha value is -2.61. The molecule has 3 aromatic carbocycles. The largest absolute Gasteiger partial charge is 0.355 e. The number of anilines is 2. The smallest absolute Gasteiger partial charge is 0.150 e. The van der Waals surface area contributed by atoms with Crippen molar-refractivity contribution in [2.75, 3.05) is 5.32 Å². The van der Waals surface area contributed by atoms with Crippen LogP contribution in [0.5, 0.6) is 0 Å². The Morgan fingerprint density at radius 1 is 0.952 bits per heavy atom. The number of benzene rings is 3. The third kappa shape index (κ3) is 2.52. The van der Waals surface area contributed by atoms with E-state index < -0.39 is 0 Å². The van der Waals surface area contributed by atoms with Gasteiger partial charge in [0.1, 0.15) is 0 Å². The summed E-state index contributed by atoms with van der Waals surface area (Å²) >= 11 is 0. The zero-order valence-electron chi connectivity index (χ0n) is 12.2. The molecule has 21 heavy (non-hydrogen) atoms. The molecule has 0 heterocycles. The van der Waals surface area contributed by atoms with Crippen LogP contribution in [-0.2, 0) is 0 Å². The predicted molar refractivity (Wildman–Crippen MR) is 88.5 cm³/mol. The van der Waals surface area contributed by atoms with Crippen molar-refractivity contribution >= 4 is 28.4 Å². The average Bonchev–Trinajstić information content (AvgIpc) is 2.48. The van der Waals surface area contributed by atoms with Crippen LogP contribution in [0.2, 0.25) is 0 Å². The van der Waals surface area contributed by atoms with E-state index in [9.17, 15) is 4.79 Å². The highest BCUT2D eigenvalue weighted by molar-refractivity contribution is 6.06. The van der Waals surface area contributed by atoms with E-state index in [1.54, 1.807) is 0 Å². The molecule has 3 aromatic rings. The number of rotatable bonds is 3. The van der Waals surface area contributed by atoms with E-state index in [0.717, 1.165) is 39.6 Å². The van der Waals surface area contributed by atoms with E-state index >= 15 is 0 Å². The van der Waals surface area contributed by atoms with Gasteiger partial charge in [-0.25, -0.2) is 0 Å². The molecule has 0 aromatic heterocycles. The van der Waals surface area contributed by atoms with Gasteiger partial charge >= 0.3 is 0 Å². The van der Waals surface area contributed by atoms with E-state index in [4.69, 9.17) is 0 Å². The molecule has 0 radical (unpaired) electrons. The summed E-state index contributed by atoms with van der Waals surface area (Å²) in [7, 11) is 0. The number of nitrogens with one attached hydrogen (secondary N) is 1. The standard InChI is InChI=1S/C19H17NO/c1-13-5-3-7-16(11-13)20-18-10-9-15(12-21)19-14(2)6-4-8-17(18)19/h3-12,20H,1-2H3. The highest BCUT2D eigenvalue weighted by atomic mass is 16.1. The number of aldehydes is 1. The van der Waals surface area contributed by atoms with Gasteiger partial charge in [0.15, 0.2) is 6.29 Å². The summed E-state index contributed by atoms with van der Waals surface area (Å²) in [5.74, 6) is 0. The minimum Gasteiger partial charge on any atom is -0.355 e. The molecule has 104 valence electrons. The highest BCUT2D eigenvalue weighted by Crippen LogP contribution is 2.30. The minimum atomic E-state index is 0.734. The van der Waals surface area contributed by atoms with E-state index in [-0.39, 0.29) is 0 Å². The Balaban J connectivity index is 2.16. The molecule has 0 aliphatic heterocycles. The van der Waals surface area contributed by atoms with Crippen molar-refractivity contribution in [2.45, 2.75) is 13.8 Å². The van der Waals surface area contributed by atoms with E-state index in [2.05, 4.69) is 24.4 Å². The molecule has 0 aliphatic carbocycles. The Morgan fingerprint density at radius 3 is 2.52 bits per heavy atom. The van der Waals surface area contributed by atoms with Gasteiger partial charge in [0, 0.05) is 22.3 Å². The Kier molecular flexibility index (Phi) is 3.44. The summed E-state index contributed by atoms with van der Waals surface area (Å²) < 4.78 is 0. The molecular formula is C19H17NO. The van der Waals surface area contributed by atoms with Crippen LogP contribution in [0.3, 0.4) is 0 Å². The Bertz CT molecular complexity index is 821. The van der Waals surface area contributed by atoms with Crippen LogP contribution in [0.1, 0.15) is 21.5 Å². The van der Waals surface area contributed by atoms with E-state index in [1.165, 1.54) is 5.56 Å². The zero-order chi connectivity index (χ0) is 14.8. The van der Waals surface area contributed by atoms with Crippen LogP contribution in [-0.4, -0.2) is 6.29 Å². The number of hydrogen-bond donors (Lipinski definition) is 1. The van der Waals surface area contributed by atoms with Crippen LogP contribution < -0.4 is 5.32 Å². The van der Waals surface area contributed by atoms with Crippen molar-refractivity contribution in [3.05, 3.63) is 71.3 Å². The summed E-state index contributed by atoms with van der Waals surface area (Å²) in [6, 6.07) is 18.2. The molecular weight excluding hydrogens is 258 g/mol. The average molecular weight is 275 g/mol. The van der Waals surface area contributed by atoms with Crippen molar-refractivity contribution in [2.24, 2.45) is 0 Å². The first-order valence-electron chi connectivity index (χ1n) is 7.00. The quantitative estimate of drug-likeness (QED) is 0.680. The van der Waals surface area contributed by atoms with Gasteiger partial charge < -0.3 is 5.32 Å². The van der Waals surface area contributed by atoms with Gasteiger partial charge in [0.05, 0.1) is 0 Å². The maximum Gasteiger partial charge on any atom is 0.150 e. The molecule has 0 amide bonds. The van der Waals surface area contributed by atoms with Gasteiger partial charge in [-0.3, -0.25) is 4.79 Å². The maximum atomic E-state index is 11.3. The first-order valence-corrected chi connectivity index (χ1v) is 7.00. The molecule has 3 rings (SSSR count). The predicted octanol–water partition coefficient (Wildman–Crippen LogP) is 5.01. The van der Waals surface area contributed by atoms with Gasteiger partial charge in [-0.15, -0.1) is 0 Å². The third-order valence-corrected chi connectivity index (χ3v) is 3.71. The molecule has 0 spiro atoms. The lowest BCUT2D eigenvalue weighted by molar-refractivity contribution is 0.112. The van der Waals surface area contributed by atoms with Crippen molar-refractivity contribution in [3.63, 3.8) is 0 Å². The van der Waals surface area contributed by atoms with Crippen LogP contribution in [0.25, 0.3) is 10.8 Å². The maximum absolute atomic E-state index is 11.3. The van der Waals surface area contributed by atoms with Gasteiger partial charge in [0.25, 0.3) is 0 Å². The highest BCUT2D eigenvalue weighted by Gasteiger charge is 2.08. The molecule has 0 fully saturated rings. The topological polar surface area (TPSA) is 29.1 Å². The second-order valence-corrected chi connectivity index (χ2v) is 5.31. The number of aryl methyl sites for hydroxylation is 2. The van der Waals surface area contributed by atoms with Gasteiger partial charge in [-0.1, -0.05) is 30.3 Å². The molecule has 0 aliphatic rings. The van der Waals surface area contributed by atoms with Gasteiger partial charge in [-0.2, -0.15) is 0 Å². The van der Waals surface area contributed by atoms with E-state index in [0.29, 0.717) is 0 Å². The zero-order valence-corrected chi connectivity index (χ0v) is 12.2. The molecule has 0 saturated heterocycles. The van der Waals surface area contributed by atoms with Crippen molar-refractivity contribution in [1.82, 2.24) is 0 Å². The minimum absolute atomic E-state index is 0.734. The molecule has 0 saturated carbocycles. The van der Waals surface area contributed by atoms with Gasteiger partial charge in [0.2, 0.25) is 0 Å². The molecule has 0 atom stereocenters. The van der Waals surface area contributed by atoms with Crippen LogP contribution >= 0.6 is 0 Å². The summed E-state index contributed by atoms with van der Waals surface area (Å²) in [4.78, 5) is 11.3. The summed E-state index contributed by atoms with van der Waals surface area (Å²) in [5, 5.41) is 5.54. The first-order chi connectivity index (χ1) is 10.2. The monoisotopic (exact) mass is 275 g/mol. The van der Waals surface area contributed by atoms with Gasteiger partial charge in [-0.05, 0) is 54.6 Å². The lowest BCUT2D eigenvalue weighted by atomic mass is 9.99. The Labute approximate surface area is 124 Å². The second kappa shape index (κ2) is 5.41. The summed E-state index contributed by atoms with van der Waals surface area (Å²) in [5.41, 5.74) is 5.13. The van der Waals surface area contributed by atoms with Crippen LogP contribution in [0.15, 0.2) is 54.6 Å². The SMILES string of the molecule is Cc1cccc(Nc2ccc(C=O)c3c(C)cccc23)c1. The summed E-state index contributed by atoms with van der Waals surface area (Å²) in [6.45, 7) is 4.11. The molecule has 2 nitrogen and oxygen atoms in total.